The summed E-state index contributed by atoms with van der Waals surface area (Å²) in [5.74, 6) is 0. The van der Waals surface area contributed by atoms with Crippen LogP contribution in [0, 0.1) is 0 Å². The third-order valence-electron chi connectivity index (χ3n) is 4.42. The summed E-state index contributed by atoms with van der Waals surface area (Å²) in [5.41, 5.74) is 5.28. The maximum absolute atomic E-state index is 5.65. The van der Waals surface area contributed by atoms with E-state index in [2.05, 4.69) is 26.0 Å². The summed E-state index contributed by atoms with van der Waals surface area (Å²) in [5, 5.41) is 0. The zero-order valence-electron chi connectivity index (χ0n) is 15.7. The van der Waals surface area contributed by atoms with E-state index in [0.29, 0.717) is 0 Å². The lowest BCUT2D eigenvalue weighted by Crippen LogP contribution is -2.08. The van der Waals surface area contributed by atoms with E-state index in [9.17, 15) is 0 Å². The van der Waals surface area contributed by atoms with Crippen molar-refractivity contribution in [3.8, 4) is 0 Å². The van der Waals surface area contributed by atoms with Gasteiger partial charge in [-0.2, -0.15) is 0 Å². The van der Waals surface area contributed by atoms with Gasteiger partial charge in [-0.3, -0.25) is 0 Å². The van der Waals surface area contributed by atoms with Crippen molar-refractivity contribution in [3.05, 3.63) is 71.6 Å². The predicted molar refractivity (Wildman–Crippen MR) is 102 cm³/mol. The van der Waals surface area contributed by atoms with Gasteiger partial charge >= 0.3 is 0 Å². The summed E-state index contributed by atoms with van der Waals surface area (Å²) in [4.78, 5) is 0. The number of hydrogen-bond donors (Lipinski definition) is 0. The molecule has 3 heteroatoms. The molecule has 0 spiro atoms. The van der Waals surface area contributed by atoms with E-state index in [-0.39, 0.29) is 6.10 Å². The quantitative estimate of drug-likeness (QED) is 0.461. The second-order valence-electron chi connectivity index (χ2n) is 6.70. The Bertz CT molecular complexity index is 633. The summed E-state index contributed by atoms with van der Waals surface area (Å²) in [7, 11) is 1.79. The largest absolute Gasteiger partial charge is 0.472 e. The van der Waals surface area contributed by atoms with Crippen LogP contribution >= 0.6 is 0 Å². The molecule has 0 saturated carbocycles. The monoisotopic (exact) mass is 342 g/mol. The zero-order valence-corrected chi connectivity index (χ0v) is 15.7. The smallest absolute Gasteiger partial charge is 0.0934 e. The molecule has 136 valence electrons. The molecule has 2 heterocycles. The lowest BCUT2D eigenvalue weighted by atomic mass is 10.0. The highest BCUT2D eigenvalue weighted by Gasteiger charge is 2.06. The molecule has 0 aliphatic carbocycles. The first kappa shape index (κ1) is 19.3. The van der Waals surface area contributed by atoms with Crippen LogP contribution in [0.15, 0.2) is 69.3 Å². The van der Waals surface area contributed by atoms with Crippen molar-refractivity contribution in [1.29, 1.82) is 0 Å². The van der Waals surface area contributed by atoms with Crippen molar-refractivity contribution in [3.63, 3.8) is 0 Å². The molecule has 0 amide bonds. The molecule has 2 aromatic rings. The van der Waals surface area contributed by atoms with E-state index in [1.807, 2.05) is 24.7 Å². The molecule has 0 fully saturated rings. The molecular weight excluding hydrogens is 312 g/mol. The molecule has 0 aliphatic heterocycles. The second-order valence-corrected chi connectivity index (χ2v) is 6.70. The third-order valence-corrected chi connectivity index (χ3v) is 4.42. The molecule has 2 aromatic heterocycles. The van der Waals surface area contributed by atoms with Crippen molar-refractivity contribution >= 4 is 0 Å². The van der Waals surface area contributed by atoms with Crippen molar-refractivity contribution in [2.45, 2.75) is 58.5 Å². The van der Waals surface area contributed by atoms with Crippen LogP contribution < -0.4 is 0 Å². The number of hydrogen-bond acceptors (Lipinski definition) is 3. The van der Waals surface area contributed by atoms with Crippen LogP contribution in [0.1, 0.15) is 50.7 Å². The van der Waals surface area contributed by atoms with Gasteiger partial charge in [-0.15, -0.1) is 0 Å². The number of ether oxygens (including phenoxy) is 1. The highest BCUT2D eigenvalue weighted by Crippen LogP contribution is 2.16. The lowest BCUT2D eigenvalue weighted by Gasteiger charge is -2.13. The van der Waals surface area contributed by atoms with Crippen LogP contribution in [0.25, 0.3) is 0 Å². The fourth-order valence-electron chi connectivity index (χ4n) is 2.94. The van der Waals surface area contributed by atoms with E-state index in [1.54, 1.807) is 19.6 Å². The summed E-state index contributed by atoms with van der Waals surface area (Å²) >= 11 is 0. The van der Waals surface area contributed by atoms with Gasteiger partial charge in [-0.1, -0.05) is 23.3 Å². The van der Waals surface area contributed by atoms with Crippen LogP contribution in [0.3, 0.4) is 0 Å². The number of aryl methyl sites for hydroxylation is 2. The van der Waals surface area contributed by atoms with Crippen molar-refractivity contribution in [1.82, 2.24) is 0 Å². The van der Waals surface area contributed by atoms with E-state index in [0.717, 1.165) is 38.5 Å². The van der Waals surface area contributed by atoms with Gasteiger partial charge in [0.15, 0.2) is 0 Å². The van der Waals surface area contributed by atoms with Gasteiger partial charge in [0.25, 0.3) is 0 Å². The number of methoxy groups -OCH3 is 1. The van der Waals surface area contributed by atoms with Crippen molar-refractivity contribution in [2.75, 3.05) is 7.11 Å². The minimum Gasteiger partial charge on any atom is -0.472 e. The minimum atomic E-state index is 0.152. The maximum Gasteiger partial charge on any atom is 0.0934 e. The van der Waals surface area contributed by atoms with E-state index in [1.165, 1.54) is 22.3 Å². The van der Waals surface area contributed by atoms with Gasteiger partial charge in [0.05, 0.1) is 31.2 Å². The van der Waals surface area contributed by atoms with Crippen molar-refractivity contribution in [2.24, 2.45) is 0 Å². The minimum absolute atomic E-state index is 0.152. The number of allylic oxidation sites excluding steroid dienone is 2. The molecule has 1 atom stereocenters. The first-order chi connectivity index (χ1) is 12.2. The highest BCUT2D eigenvalue weighted by molar-refractivity contribution is 5.11. The lowest BCUT2D eigenvalue weighted by molar-refractivity contribution is 0.140. The van der Waals surface area contributed by atoms with Gasteiger partial charge in [0.1, 0.15) is 0 Å². The molecule has 25 heavy (non-hydrogen) atoms. The summed E-state index contributed by atoms with van der Waals surface area (Å²) in [6.07, 6.45) is 18.1. The molecule has 1 unspecified atom stereocenters. The Hall–Kier alpha value is -2.00. The van der Waals surface area contributed by atoms with Crippen LogP contribution in [-0.2, 0) is 17.6 Å². The van der Waals surface area contributed by atoms with Gasteiger partial charge < -0.3 is 13.6 Å². The second kappa shape index (κ2) is 10.8. The van der Waals surface area contributed by atoms with Crippen LogP contribution in [0.4, 0.5) is 0 Å². The third kappa shape index (κ3) is 7.61. The molecule has 0 aliphatic rings. The fourth-order valence-corrected chi connectivity index (χ4v) is 2.94. The maximum atomic E-state index is 5.65. The predicted octanol–water partition coefficient (Wildman–Crippen LogP) is 6.13. The van der Waals surface area contributed by atoms with Crippen LogP contribution in [0.5, 0.6) is 0 Å². The van der Waals surface area contributed by atoms with Crippen LogP contribution in [-0.4, -0.2) is 13.2 Å². The standard InChI is InChI=1S/C22H30O3/c1-18(6-4-8-20-10-12-24-16-20)14-22(23-3)15-19(2)7-5-9-21-11-13-25-17-21/h6,10-13,15-17,22H,4-5,7-9,14H2,1-3H3. The first-order valence-electron chi connectivity index (χ1n) is 9.05. The van der Waals surface area contributed by atoms with E-state index >= 15 is 0 Å². The Kier molecular flexibility index (Phi) is 8.33. The molecule has 0 N–H and O–H groups in total. The van der Waals surface area contributed by atoms with Gasteiger partial charge in [-0.25, -0.2) is 0 Å². The normalized spacial score (nSPS) is 14.0. The Morgan fingerprint density at radius 1 is 1.04 bits per heavy atom. The SMILES string of the molecule is COC(C=C(C)CCCc1ccoc1)CC(C)=CCCc1ccoc1. The molecule has 0 saturated heterocycles. The molecule has 3 nitrogen and oxygen atoms in total. The summed E-state index contributed by atoms with van der Waals surface area (Å²) in [6, 6.07) is 4.06. The van der Waals surface area contributed by atoms with E-state index in [4.69, 9.17) is 13.6 Å². The molecule has 0 radical (unpaired) electrons. The first-order valence-corrected chi connectivity index (χ1v) is 9.05. The summed E-state index contributed by atoms with van der Waals surface area (Å²) < 4.78 is 15.9. The fraction of sp³-hybridized carbons (Fsp3) is 0.455. The van der Waals surface area contributed by atoms with Crippen molar-refractivity contribution < 1.29 is 13.6 Å². The topological polar surface area (TPSA) is 35.5 Å². The average molecular weight is 342 g/mol. The Labute approximate surface area is 151 Å². The highest BCUT2D eigenvalue weighted by atomic mass is 16.5. The molecule has 2 rings (SSSR count). The summed E-state index contributed by atoms with van der Waals surface area (Å²) in [6.45, 7) is 4.38. The Balaban J connectivity index is 1.73. The molecule has 0 bridgehead atoms. The molecular formula is C22H30O3. The Morgan fingerprint density at radius 3 is 2.32 bits per heavy atom. The van der Waals surface area contributed by atoms with Gasteiger partial charge in [0, 0.05) is 7.11 Å². The average Bonchev–Trinajstić information content (AvgIpc) is 3.28. The zero-order chi connectivity index (χ0) is 17.9. The van der Waals surface area contributed by atoms with Gasteiger partial charge in [-0.05, 0) is 75.6 Å². The van der Waals surface area contributed by atoms with Gasteiger partial charge in [0.2, 0.25) is 0 Å². The number of rotatable bonds is 11. The van der Waals surface area contributed by atoms with Crippen LogP contribution in [0.2, 0.25) is 0 Å². The number of furan rings is 2. The Morgan fingerprint density at radius 2 is 1.72 bits per heavy atom. The van der Waals surface area contributed by atoms with E-state index < -0.39 is 0 Å². The molecule has 0 aromatic carbocycles.